The molecule has 0 radical (unpaired) electrons. The fourth-order valence-electron chi connectivity index (χ4n) is 6.26. The van der Waals surface area contributed by atoms with Crippen LogP contribution >= 0.6 is 0 Å². The summed E-state index contributed by atoms with van der Waals surface area (Å²) in [5.74, 6) is 0. The van der Waals surface area contributed by atoms with Crippen molar-refractivity contribution in [2.24, 2.45) is 0 Å². The van der Waals surface area contributed by atoms with Crippen LogP contribution < -0.4 is 0 Å². The van der Waals surface area contributed by atoms with Crippen LogP contribution in [0.3, 0.4) is 0 Å². The van der Waals surface area contributed by atoms with Gasteiger partial charge in [0.15, 0.2) is 79.1 Å². The van der Waals surface area contributed by atoms with Gasteiger partial charge in [0.25, 0.3) is 0 Å². The summed E-state index contributed by atoms with van der Waals surface area (Å²) in [5.41, 5.74) is 0. The molecule has 2 aliphatic heterocycles. The predicted molar refractivity (Wildman–Crippen MR) is 246 cm³/mol. The second kappa shape index (κ2) is 19.1. The Hall–Kier alpha value is 1.30. The van der Waals surface area contributed by atoms with E-state index in [0.717, 1.165) is 0 Å². The molecule has 0 aromatic carbocycles. The molecule has 0 aliphatic carbocycles. The molecule has 10 atom stereocenters. The lowest BCUT2D eigenvalue weighted by Crippen LogP contribution is -2.70. The predicted octanol–water partition coefficient (Wildman–Crippen LogP) is 9.48. The molecule has 0 unspecified atom stereocenters. The van der Waals surface area contributed by atoms with Gasteiger partial charge in [0.2, 0.25) is 0 Å². The van der Waals surface area contributed by atoms with Crippen LogP contribution in [0.4, 0.5) is 0 Å². The molecule has 2 aliphatic rings. The van der Waals surface area contributed by atoms with E-state index >= 15 is 0 Å². The molecule has 0 bridgehead atoms. The Bertz CT molecular complexity index is 1180. The second-order valence-electron chi connectivity index (χ2n) is 23.2. The van der Waals surface area contributed by atoms with Crippen LogP contribution in [-0.2, 0) is 49.6 Å². The van der Waals surface area contributed by atoms with Crippen LogP contribution in [0.25, 0.3) is 0 Å². The van der Waals surface area contributed by atoms with Crippen molar-refractivity contribution >= 4 is 66.5 Å². The number of ether oxygens (including phenoxy) is 3. The summed E-state index contributed by atoms with van der Waals surface area (Å²) in [4.78, 5) is 0. The molecule has 2 saturated heterocycles. The number of rotatable bonds is 20. The topological polar surface area (TPSA) is 102 Å². The summed E-state index contributed by atoms with van der Waals surface area (Å²) >= 11 is 0. The lowest BCUT2D eigenvalue weighted by molar-refractivity contribution is -0.344. The van der Waals surface area contributed by atoms with E-state index in [1.807, 2.05) is 0 Å². The molecule has 328 valence electrons. The van der Waals surface area contributed by atoms with Gasteiger partial charge < -0.3 is 49.6 Å². The van der Waals surface area contributed by atoms with E-state index in [0.29, 0.717) is 13.2 Å². The standard InChI is InChI=1S/C36H86O11Si8/c1-48(2,3)37-25-27-29(31(43-51(10,11)12)34(46-54(19,20)21)36(40-27)47-55(22,23)24)41-35-33(45-53(16,17)18)32(44-52(13,14)15)30(42-50(7,8)9)28(39-35)26-38-49(4,5)6/h27-36H,25-26H2,1-24H3/t27-,28-,29-,30-,31+,32+,33-,34-,35-,36+/m1/s1. The minimum Gasteiger partial charge on any atom is -0.415 e. The molecule has 11 nitrogen and oxygen atoms in total. The average Bonchev–Trinajstić information content (AvgIpc) is 2.88. The van der Waals surface area contributed by atoms with E-state index in [9.17, 15) is 0 Å². The highest BCUT2D eigenvalue weighted by molar-refractivity contribution is 6.72. The summed E-state index contributed by atoms with van der Waals surface area (Å²) in [6.45, 7) is 53.5. The van der Waals surface area contributed by atoms with Crippen molar-refractivity contribution in [3.05, 3.63) is 0 Å². The van der Waals surface area contributed by atoms with Crippen molar-refractivity contribution in [2.75, 3.05) is 13.2 Å². The van der Waals surface area contributed by atoms with Gasteiger partial charge in [-0.05, 0) is 157 Å². The fourth-order valence-corrected chi connectivity index (χ4v) is 13.9. The van der Waals surface area contributed by atoms with E-state index in [-0.39, 0.29) is 0 Å². The highest BCUT2D eigenvalue weighted by Gasteiger charge is 2.57. The average molecular weight is 920 g/mol. The third-order valence-corrected chi connectivity index (χ3v) is 15.7. The van der Waals surface area contributed by atoms with Gasteiger partial charge in [-0.2, -0.15) is 0 Å². The van der Waals surface area contributed by atoms with Gasteiger partial charge in [-0.3, -0.25) is 0 Å². The lowest BCUT2D eigenvalue weighted by atomic mass is 9.97. The van der Waals surface area contributed by atoms with Crippen molar-refractivity contribution in [2.45, 2.75) is 219 Å². The van der Waals surface area contributed by atoms with E-state index in [2.05, 4.69) is 157 Å². The van der Waals surface area contributed by atoms with Gasteiger partial charge in [0.1, 0.15) is 48.8 Å². The minimum absolute atomic E-state index is 0.321. The summed E-state index contributed by atoms with van der Waals surface area (Å²) in [6, 6.07) is 0. The number of hydrogen-bond acceptors (Lipinski definition) is 11. The first-order chi connectivity index (χ1) is 24.2. The quantitative estimate of drug-likeness (QED) is 0.109. The SMILES string of the molecule is C[Si](C)(C)OC[C@H]1O[C@@H](O[Si](C)(C)C)[C@H](O[Si](C)(C)C)[C@@H](O[Si](C)(C)C)[C@@H]1O[C@H]1O[C@H](CO[Si](C)(C)C)[C@@H](O[Si](C)(C)C)[C@H](O[Si](C)(C)C)[C@H]1O[Si](C)(C)C. The van der Waals surface area contributed by atoms with Crippen molar-refractivity contribution in [3.8, 4) is 0 Å². The van der Waals surface area contributed by atoms with Gasteiger partial charge in [-0.1, -0.05) is 0 Å². The van der Waals surface area contributed by atoms with Crippen LogP contribution in [0.5, 0.6) is 0 Å². The maximum absolute atomic E-state index is 7.46. The summed E-state index contributed by atoms with van der Waals surface area (Å²) < 4.78 is 77.4. The first kappa shape index (κ1) is 52.4. The molecule has 0 spiro atoms. The first-order valence-electron chi connectivity index (χ1n) is 20.5. The maximum Gasteiger partial charge on any atom is 0.187 e. The zero-order chi connectivity index (χ0) is 43.0. The van der Waals surface area contributed by atoms with Gasteiger partial charge in [-0.15, -0.1) is 0 Å². The molecule has 0 saturated carbocycles. The van der Waals surface area contributed by atoms with E-state index in [4.69, 9.17) is 49.6 Å². The molecule has 0 amide bonds. The Balaban J connectivity index is 2.93. The summed E-state index contributed by atoms with van der Waals surface area (Å²) in [7, 11) is -17.0. The van der Waals surface area contributed by atoms with Crippen molar-refractivity contribution < 1.29 is 49.6 Å². The molecule has 0 aromatic heterocycles. The Morgan fingerprint density at radius 2 is 0.564 bits per heavy atom. The highest BCUT2D eigenvalue weighted by atomic mass is 28.4. The maximum atomic E-state index is 7.46. The zero-order valence-electron chi connectivity index (χ0n) is 39.7. The Labute approximate surface area is 346 Å². The Morgan fingerprint density at radius 1 is 0.291 bits per heavy atom. The molecular formula is C36H86O11Si8. The van der Waals surface area contributed by atoms with Crippen molar-refractivity contribution in [3.63, 3.8) is 0 Å². The summed E-state index contributed by atoms with van der Waals surface area (Å²) in [5, 5.41) is 0. The first-order valence-corrected chi connectivity index (χ1v) is 47.8. The van der Waals surface area contributed by atoms with Crippen LogP contribution in [0.15, 0.2) is 0 Å². The van der Waals surface area contributed by atoms with Gasteiger partial charge >= 0.3 is 0 Å². The van der Waals surface area contributed by atoms with Crippen LogP contribution in [0.2, 0.25) is 157 Å². The molecule has 0 aromatic rings. The number of hydrogen-bond donors (Lipinski definition) is 0. The van der Waals surface area contributed by atoms with Crippen LogP contribution in [0, 0.1) is 0 Å². The van der Waals surface area contributed by atoms with Gasteiger partial charge in [-0.25, -0.2) is 0 Å². The molecule has 2 rings (SSSR count). The summed E-state index contributed by atoms with van der Waals surface area (Å²) in [6.07, 6.45) is -5.61. The van der Waals surface area contributed by atoms with Crippen LogP contribution in [0.1, 0.15) is 0 Å². The third-order valence-electron chi connectivity index (χ3n) is 7.75. The van der Waals surface area contributed by atoms with Crippen molar-refractivity contribution in [1.29, 1.82) is 0 Å². The zero-order valence-corrected chi connectivity index (χ0v) is 47.7. The normalized spacial score (nSPS) is 31.2. The lowest BCUT2D eigenvalue weighted by Gasteiger charge is -2.54. The molecule has 2 fully saturated rings. The highest BCUT2D eigenvalue weighted by Crippen LogP contribution is 2.39. The van der Waals surface area contributed by atoms with Crippen molar-refractivity contribution in [1.82, 2.24) is 0 Å². The van der Waals surface area contributed by atoms with Gasteiger partial charge in [0.05, 0.1) is 13.2 Å². The Kier molecular flexibility index (Phi) is 18.2. The van der Waals surface area contributed by atoms with Crippen LogP contribution in [-0.4, -0.2) is 141 Å². The fraction of sp³-hybridized carbons (Fsp3) is 1.00. The minimum atomic E-state index is -2.23. The largest absolute Gasteiger partial charge is 0.415 e. The molecular weight excluding hydrogens is 833 g/mol. The molecule has 55 heavy (non-hydrogen) atoms. The van der Waals surface area contributed by atoms with Gasteiger partial charge in [0, 0.05) is 0 Å². The van der Waals surface area contributed by atoms with E-state index in [1.54, 1.807) is 0 Å². The Morgan fingerprint density at radius 3 is 0.909 bits per heavy atom. The molecule has 19 heteroatoms. The smallest absolute Gasteiger partial charge is 0.187 e. The molecule has 0 N–H and O–H groups in total. The van der Waals surface area contributed by atoms with E-state index in [1.165, 1.54) is 0 Å². The monoisotopic (exact) mass is 918 g/mol. The third kappa shape index (κ3) is 20.6. The second-order valence-corrected chi connectivity index (χ2v) is 59.0. The molecule has 2 heterocycles. The van der Waals surface area contributed by atoms with E-state index < -0.39 is 128 Å².